The Bertz CT molecular complexity index is 1830. The molecule has 1 radical (unpaired) electrons. The zero-order valence-corrected chi connectivity index (χ0v) is 30.9. The van der Waals surface area contributed by atoms with Crippen LogP contribution in [0.4, 0.5) is 17.1 Å². The maximum atomic E-state index is 11.7. The van der Waals surface area contributed by atoms with Crippen molar-refractivity contribution in [1.82, 2.24) is 4.98 Å². The summed E-state index contributed by atoms with van der Waals surface area (Å²) in [6, 6.07) is 33.6. The molecule has 1 N–H and O–H groups in total. The normalized spacial score (nSPS) is 12.3. The van der Waals surface area contributed by atoms with Crippen LogP contribution in [0.3, 0.4) is 0 Å². The van der Waals surface area contributed by atoms with Crippen LogP contribution in [0.1, 0.15) is 72.8 Å². The molecule has 47 heavy (non-hydrogen) atoms. The molecule has 5 aromatic rings. The van der Waals surface area contributed by atoms with Crippen LogP contribution < -0.4 is 4.90 Å². The Hall–Kier alpha value is -3.79. The Morgan fingerprint density at radius 3 is 2.19 bits per heavy atom. The van der Waals surface area contributed by atoms with Gasteiger partial charge in [0.25, 0.3) is 0 Å². The van der Waals surface area contributed by atoms with Gasteiger partial charge in [0, 0.05) is 66.2 Å². The van der Waals surface area contributed by atoms with E-state index in [1.54, 1.807) is 0 Å². The first-order valence-corrected chi connectivity index (χ1v) is 17.0. The summed E-state index contributed by atoms with van der Waals surface area (Å²) in [4.78, 5) is 19.3. The number of pyridine rings is 1. The second-order valence-corrected chi connectivity index (χ2v) is 12.7. The Labute approximate surface area is 294 Å². The van der Waals surface area contributed by atoms with Crippen LogP contribution in [0.2, 0.25) is 0 Å². The second kappa shape index (κ2) is 16.4. The molecule has 0 atom stereocenters. The van der Waals surface area contributed by atoms with Gasteiger partial charge < -0.3 is 10.0 Å². The number of carbonyl (C=O) groups is 1. The fraction of sp³-hybridized carbons (Fsp3) is 0.333. The van der Waals surface area contributed by atoms with Gasteiger partial charge >= 0.3 is 0 Å². The molecule has 5 heteroatoms. The number of aliphatic hydroxyl groups is 1. The minimum atomic E-state index is 0. The van der Waals surface area contributed by atoms with Crippen LogP contribution in [0, 0.1) is 23.8 Å². The first kappa shape index (κ1) is 36.1. The number of rotatable bonds is 10. The monoisotopic (exact) mass is 804 g/mol. The summed E-state index contributed by atoms with van der Waals surface area (Å²) >= 11 is 0. The van der Waals surface area contributed by atoms with Gasteiger partial charge in [-0.15, -0.1) is 23.8 Å². The zero-order valence-electron chi connectivity index (χ0n) is 28.5. The predicted molar refractivity (Wildman–Crippen MR) is 194 cm³/mol. The van der Waals surface area contributed by atoms with E-state index < -0.39 is 0 Å². The van der Waals surface area contributed by atoms with Crippen molar-refractivity contribution in [2.24, 2.45) is 17.8 Å². The number of benzene rings is 4. The SMILES string of the molecule is CC(C)Cc1cccc2nc3c(cc12)N(c1ccccc1)c1cccc2cc[c-]c-3c12.CCC(CC)C(=O)/C=C(\O)C(CC)CC.[Ir]. The first-order valence-electron chi connectivity index (χ1n) is 17.0. The molecule has 2 heterocycles. The molecule has 6 rings (SSSR count). The molecule has 0 fully saturated rings. The number of para-hydroxylation sites is 1. The molecule has 0 saturated carbocycles. The largest absolute Gasteiger partial charge is 0.512 e. The van der Waals surface area contributed by atoms with Crippen molar-refractivity contribution in [3.05, 3.63) is 108 Å². The molecule has 0 unspecified atom stereocenters. The van der Waals surface area contributed by atoms with Gasteiger partial charge in [-0.05, 0) is 73.9 Å². The number of carbonyl (C=O) groups excluding carboxylic acids is 1. The maximum Gasteiger partial charge on any atom is 0.162 e. The van der Waals surface area contributed by atoms with Gasteiger partial charge in [-0.25, -0.2) is 0 Å². The average Bonchev–Trinajstić information content (AvgIpc) is 3.06. The molecular formula is C42H47IrN2O2-. The van der Waals surface area contributed by atoms with E-state index in [-0.39, 0.29) is 43.5 Å². The van der Waals surface area contributed by atoms with Crippen LogP contribution >= 0.6 is 0 Å². The van der Waals surface area contributed by atoms with Gasteiger partial charge in [0.2, 0.25) is 0 Å². The number of allylic oxidation sites excluding steroid dienone is 2. The summed E-state index contributed by atoms with van der Waals surface area (Å²) in [6.07, 6.45) is 5.95. The Morgan fingerprint density at radius 1 is 0.851 bits per heavy atom. The smallest absolute Gasteiger partial charge is 0.162 e. The van der Waals surface area contributed by atoms with Crippen molar-refractivity contribution in [3.63, 3.8) is 0 Å². The van der Waals surface area contributed by atoms with E-state index in [0.717, 1.165) is 60.3 Å². The first-order chi connectivity index (χ1) is 22.3. The molecule has 0 bridgehead atoms. The molecule has 4 aromatic carbocycles. The number of aromatic nitrogens is 1. The van der Waals surface area contributed by atoms with Crippen molar-refractivity contribution >= 4 is 44.5 Å². The number of aliphatic hydroxyl groups excluding tert-OH is 1. The Balaban J connectivity index is 0.000000269. The minimum Gasteiger partial charge on any atom is -0.512 e. The van der Waals surface area contributed by atoms with Gasteiger partial charge in [0.15, 0.2) is 5.78 Å². The van der Waals surface area contributed by atoms with Crippen molar-refractivity contribution in [2.45, 2.75) is 73.6 Å². The third-order valence-electron chi connectivity index (χ3n) is 9.19. The van der Waals surface area contributed by atoms with E-state index in [2.05, 4.69) is 104 Å². The fourth-order valence-corrected chi connectivity index (χ4v) is 6.61. The fourth-order valence-electron chi connectivity index (χ4n) is 6.61. The van der Waals surface area contributed by atoms with E-state index in [4.69, 9.17) is 4.98 Å². The predicted octanol–water partition coefficient (Wildman–Crippen LogP) is 11.7. The number of hydrogen-bond acceptors (Lipinski definition) is 4. The van der Waals surface area contributed by atoms with Gasteiger partial charge in [-0.2, -0.15) is 0 Å². The molecule has 247 valence electrons. The van der Waals surface area contributed by atoms with Crippen LogP contribution in [0.25, 0.3) is 32.9 Å². The molecule has 0 saturated heterocycles. The summed E-state index contributed by atoms with van der Waals surface area (Å²) in [6.45, 7) is 12.6. The van der Waals surface area contributed by atoms with Crippen molar-refractivity contribution in [1.29, 1.82) is 0 Å². The molecular weight excluding hydrogens is 757 g/mol. The second-order valence-electron chi connectivity index (χ2n) is 12.7. The summed E-state index contributed by atoms with van der Waals surface area (Å²) in [7, 11) is 0. The third kappa shape index (κ3) is 7.69. The molecule has 1 aliphatic heterocycles. The molecule has 1 aromatic heterocycles. The number of fused-ring (bicyclic) bond motifs is 3. The summed E-state index contributed by atoms with van der Waals surface area (Å²) < 4.78 is 0. The molecule has 1 aliphatic rings. The van der Waals surface area contributed by atoms with Crippen LogP contribution in [-0.4, -0.2) is 15.9 Å². The van der Waals surface area contributed by atoms with E-state index in [9.17, 15) is 9.90 Å². The Morgan fingerprint density at radius 2 is 1.53 bits per heavy atom. The van der Waals surface area contributed by atoms with E-state index in [0.29, 0.717) is 5.92 Å². The number of hydrogen-bond donors (Lipinski definition) is 1. The third-order valence-corrected chi connectivity index (χ3v) is 9.19. The van der Waals surface area contributed by atoms with Crippen molar-refractivity contribution < 1.29 is 30.0 Å². The van der Waals surface area contributed by atoms with Crippen LogP contribution in [0.15, 0.2) is 96.8 Å². The van der Waals surface area contributed by atoms with Crippen LogP contribution in [0.5, 0.6) is 0 Å². The molecule has 0 amide bonds. The number of ketones is 1. The summed E-state index contributed by atoms with van der Waals surface area (Å²) in [5.41, 5.74) is 7.96. The van der Waals surface area contributed by atoms with Gasteiger partial charge in [-0.3, -0.25) is 9.78 Å². The summed E-state index contributed by atoms with van der Waals surface area (Å²) in [5, 5.41) is 13.4. The Kier molecular flexibility index (Phi) is 12.5. The van der Waals surface area contributed by atoms with Gasteiger partial charge in [-0.1, -0.05) is 94.8 Å². The van der Waals surface area contributed by atoms with Crippen molar-refractivity contribution in [2.75, 3.05) is 4.90 Å². The van der Waals surface area contributed by atoms with Gasteiger partial charge in [0.05, 0.1) is 11.3 Å². The van der Waals surface area contributed by atoms with E-state index in [1.165, 1.54) is 33.5 Å². The molecule has 0 aliphatic carbocycles. The standard InChI is InChI=1S/C29H23N2.C13H24O2.Ir/c1-19(2)17-21-11-7-15-25-24(21)18-27-29(30-25)23-14-6-9-20-10-8-16-26(28(20)23)31(27)22-12-4-3-5-13-22;1-5-10(6-2)12(14)9-13(15)11(7-3)8-4;/h3-13,15-16,18-19H,17H2,1-2H3;9-11,14H,5-8H2,1-4H3;/q-1;;/b;12-9-;. The maximum absolute atomic E-state index is 11.7. The van der Waals surface area contributed by atoms with E-state index >= 15 is 0 Å². The molecule has 0 spiro atoms. The summed E-state index contributed by atoms with van der Waals surface area (Å²) in [5.74, 6) is 1.14. The zero-order chi connectivity index (χ0) is 32.8. The number of anilines is 3. The van der Waals surface area contributed by atoms with E-state index in [1.807, 2.05) is 33.8 Å². The molecule has 4 nitrogen and oxygen atoms in total. The minimum absolute atomic E-state index is 0. The average molecular weight is 804 g/mol. The topological polar surface area (TPSA) is 53.4 Å². The number of nitrogens with zero attached hydrogens (tertiary/aromatic N) is 2. The van der Waals surface area contributed by atoms with Gasteiger partial charge in [0.1, 0.15) is 0 Å². The van der Waals surface area contributed by atoms with Crippen LogP contribution in [-0.2, 0) is 31.3 Å². The van der Waals surface area contributed by atoms with Crippen molar-refractivity contribution in [3.8, 4) is 11.3 Å². The quantitative estimate of drug-likeness (QED) is 0.0851.